The molecule has 0 unspecified atom stereocenters. The van der Waals surface area contributed by atoms with Crippen molar-refractivity contribution in [3.63, 3.8) is 0 Å². The van der Waals surface area contributed by atoms with E-state index in [4.69, 9.17) is 21.3 Å². The van der Waals surface area contributed by atoms with Crippen molar-refractivity contribution in [1.29, 1.82) is 0 Å². The summed E-state index contributed by atoms with van der Waals surface area (Å²) in [6.07, 6.45) is 2.44. The summed E-state index contributed by atoms with van der Waals surface area (Å²) >= 11 is 6.29. The third-order valence-electron chi connectivity index (χ3n) is 6.91. The largest absolute Gasteiger partial charge is 0.490 e. The lowest BCUT2D eigenvalue weighted by atomic mass is 10.0. The van der Waals surface area contributed by atoms with Gasteiger partial charge in [0.05, 0.1) is 5.52 Å². The molecular weight excluding hydrogens is 472 g/mol. The SMILES string of the molecule is CN1CCC(Oc2ccc(-c3cccc(N(C)c4nc5nnc(Cl)n5c5ccccc45)c3)cc2)CC1. The summed E-state index contributed by atoms with van der Waals surface area (Å²) in [7, 11) is 4.18. The summed E-state index contributed by atoms with van der Waals surface area (Å²) < 4.78 is 7.99. The molecular formula is C28H27ClN6O. The van der Waals surface area contributed by atoms with E-state index in [-0.39, 0.29) is 0 Å². The maximum Gasteiger partial charge on any atom is 0.258 e. The predicted octanol–water partition coefficient (Wildman–Crippen LogP) is 5.84. The number of halogens is 1. The van der Waals surface area contributed by atoms with Crippen LogP contribution in [0.25, 0.3) is 27.8 Å². The van der Waals surface area contributed by atoms with Crippen molar-refractivity contribution in [3.05, 3.63) is 78.1 Å². The second-order valence-corrected chi connectivity index (χ2v) is 9.65. The molecule has 8 heteroatoms. The van der Waals surface area contributed by atoms with Gasteiger partial charge in [0.25, 0.3) is 5.78 Å². The first-order chi connectivity index (χ1) is 17.6. The van der Waals surface area contributed by atoms with Crippen LogP contribution in [0.15, 0.2) is 72.8 Å². The molecule has 0 spiro atoms. The Kier molecular flexibility index (Phi) is 5.95. The van der Waals surface area contributed by atoms with Crippen LogP contribution in [0.5, 0.6) is 5.75 Å². The van der Waals surface area contributed by atoms with Crippen LogP contribution in [-0.2, 0) is 0 Å². The standard InChI is InChI=1S/C28H27ClN6O/c1-33-16-14-23(15-17-33)36-22-12-10-19(11-13-22)20-6-5-7-21(18-20)34(2)26-24-8-3-4-9-25(24)35-27(29)31-32-28(35)30-26/h3-13,18,23H,14-17H2,1-2H3. The smallest absolute Gasteiger partial charge is 0.258 e. The summed E-state index contributed by atoms with van der Waals surface area (Å²) in [5.41, 5.74) is 4.20. The van der Waals surface area contributed by atoms with Gasteiger partial charge in [-0.3, -0.25) is 0 Å². The molecule has 7 nitrogen and oxygen atoms in total. The number of para-hydroxylation sites is 1. The second-order valence-electron chi connectivity index (χ2n) is 9.31. The normalized spacial score (nSPS) is 15.0. The molecule has 5 aromatic rings. The molecule has 1 aliphatic rings. The number of hydrogen-bond donors (Lipinski definition) is 0. The molecule has 6 rings (SSSR count). The maximum absolute atomic E-state index is 6.29. The molecule has 0 radical (unpaired) electrons. The van der Waals surface area contributed by atoms with E-state index in [1.807, 2.05) is 31.3 Å². The van der Waals surface area contributed by atoms with Crippen LogP contribution in [-0.4, -0.2) is 57.8 Å². The fourth-order valence-corrected chi connectivity index (χ4v) is 5.05. The van der Waals surface area contributed by atoms with Crippen LogP contribution in [0, 0.1) is 0 Å². The first-order valence-corrected chi connectivity index (χ1v) is 12.5. The molecule has 0 N–H and O–H groups in total. The average Bonchev–Trinajstić information content (AvgIpc) is 3.30. The lowest BCUT2D eigenvalue weighted by Crippen LogP contribution is -2.35. The summed E-state index contributed by atoms with van der Waals surface area (Å²) in [6.45, 7) is 2.18. The number of nitrogens with zero attached hydrogens (tertiary/aromatic N) is 6. The van der Waals surface area contributed by atoms with Crippen molar-refractivity contribution >= 4 is 39.8 Å². The van der Waals surface area contributed by atoms with Crippen LogP contribution >= 0.6 is 11.6 Å². The Morgan fingerprint density at radius 2 is 1.69 bits per heavy atom. The average molecular weight is 499 g/mol. The lowest BCUT2D eigenvalue weighted by Gasteiger charge is -2.29. The molecule has 0 atom stereocenters. The van der Waals surface area contributed by atoms with Crippen molar-refractivity contribution in [2.45, 2.75) is 18.9 Å². The van der Waals surface area contributed by atoms with Crippen molar-refractivity contribution in [1.82, 2.24) is 24.5 Å². The third kappa shape index (κ3) is 4.25. The topological polar surface area (TPSA) is 58.8 Å². The number of anilines is 2. The molecule has 0 aliphatic carbocycles. The van der Waals surface area contributed by atoms with Gasteiger partial charge in [-0.25, -0.2) is 4.40 Å². The van der Waals surface area contributed by atoms with E-state index in [9.17, 15) is 0 Å². The van der Waals surface area contributed by atoms with Crippen molar-refractivity contribution in [3.8, 4) is 16.9 Å². The first-order valence-electron chi connectivity index (χ1n) is 12.2. The Labute approximate surface area is 214 Å². The number of piperidine rings is 1. The second kappa shape index (κ2) is 9.41. The number of hydrogen-bond acceptors (Lipinski definition) is 6. The van der Waals surface area contributed by atoms with Gasteiger partial charge in [0.2, 0.25) is 5.28 Å². The van der Waals surface area contributed by atoms with Crippen LogP contribution in [0.1, 0.15) is 12.8 Å². The molecule has 36 heavy (non-hydrogen) atoms. The number of aromatic nitrogens is 4. The monoisotopic (exact) mass is 498 g/mol. The van der Waals surface area contributed by atoms with E-state index in [2.05, 4.69) is 75.6 Å². The molecule has 1 fully saturated rings. The molecule has 2 aromatic heterocycles. The van der Waals surface area contributed by atoms with E-state index >= 15 is 0 Å². The number of likely N-dealkylation sites (tertiary alicyclic amines) is 1. The quantitative estimate of drug-likeness (QED) is 0.303. The Morgan fingerprint density at radius 3 is 2.50 bits per heavy atom. The number of ether oxygens (including phenoxy) is 1. The van der Waals surface area contributed by atoms with Crippen LogP contribution in [0.4, 0.5) is 11.5 Å². The highest BCUT2D eigenvalue weighted by Crippen LogP contribution is 2.33. The Balaban J connectivity index is 1.28. The number of rotatable bonds is 5. The van der Waals surface area contributed by atoms with Gasteiger partial charge in [0.15, 0.2) is 0 Å². The molecule has 1 saturated heterocycles. The highest BCUT2D eigenvalue weighted by molar-refractivity contribution is 6.29. The van der Waals surface area contributed by atoms with Gasteiger partial charge in [-0.15, -0.1) is 10.2 Å². The van der Waals surface area contributed by atoms with Crippen molar-refractivity contribution in [2.24, 2.45) is 0 Å². The summed E-state index contributed by atoms with van der Waals surface area (Å²) in [6, 6.07) is 24.9. The van der Waals surface area contributed by atoms with E-state index in [0.29, 0.717) is 17.2 Å². The fourth-order valence-electron chi connectivity index (χ4n) is 4.84. The fraction of sp³-hybridized carbons (Fsp3) is 0.250. The zero-order valence-electron chi connectivity index (χ0n) is 20.3. The van der Waals surface area contributed by atoms with Gasteiger partial charge in [0, 0.05) is 31.2 Å². The molecule has 0 amide bonds. The minimum absolute atomic E-state index is 0.295. The molecule has 1 aliphatic heterocycles. The molecule has 3 heterocycles. The van der Waals surface area contributed by atoms with E-state index in [1.54, 1.807) is 4.40 Å². The van der Waals surface area contributed by atoms with Crippen LogP contribution < -0.4 is 9.64 Å². The highest BCUT2D eigenvalue weighted by atomic mass is 35.5. The van der Waals surface area contributed by atoms with Gasteiger partial charge < -0.3 is 14.5 Å². The Morgan fingerprint density at radius 1 is 0.917 bits per heavy atom. The zero-order chi connectivity index (χ0) is 24.6. The Hall–Kier alpha value is -3.68. The minimum atomic E-state index is 0.295. The van der Waals surface area contributed by atoms with Gasteiger partial charge >= 0.3 is 0 Å². The minimum Gasteiger partial charge on any atom is -0.490 e. The van der Waals surface area contributed by atoms with Gasteiger partial charge in [-0.05, 0) is 79.0 Å². The van der Waals surface area contributed by atoms with Crippen LogP contribution in [0.3, 0.4) is 0 Å². The number of fused-ring (bicyclic) bond motifs is 3. The molecule has 0 bridgehead atoms. The number of benzene rings is 3. The molecule has 0 saturated carbocycles. The van der Waals surface area contributed by atoms with E-state index in [0.717, 1.165) is 65.2 Å². The lowest BCUT2D eigenvalue weighted by molar-refractivity contribution is 0.114. The van der Waals surface area contributed by atoms with E-state index in [1.165, 1.54) is 0 Å². The third-order valence-corrected chi connectivity index (χ3v) is 7.15. The molecule has 182 valence electrons. The molecule has 3 aromatic carbocycles. The van der Waals surface area contributed by atoms with Crippen molar-refractivity contribution in [2.75, 3.05) is 32.1 Å². The summed E-state index contributed by atoms with van der Waals surface area (Å²) in [5.74, 6) is 2.19. The predicted molar refractivity (Wildman–Crippen MR) is 144 cm³/mol. The van der Waals surface area contributed by atoms with Gasteiger partial charge in [0.1, 0.15) is 17.7 Å². The van der Waals surface area contributed by atoms with Crippen LogP contribution in [0.2, 0.25) is 5.28 Å². The van der Waals surface area contributed by atoms with E-state index < -0.39 is 0 Å². The van der Waals surface area contributed by atoms with Gasteiger partial charge in [-0.2, -0.15) is 4.98 Å². The Bertz CT molecular complexity index is 1520. The maximum atomic E-state index is 6.29. The highest BCUT2D eigenvalue weighted by Gasteiger charge is 2.19. The first kappa shape index (κ1) is 22.8. The zero-order valence-corrected chi connectivity index (χ0v) is 21.1. The summed E-state index contributed by atoms with van der Waals surface area (Å²) in [5, 5.41) is 9.42. The van der Waals surface area contributed by atoms with Crippen molar-refractivity contribution < 1.29 is 4.74 Å². The summed E-state index contributed by atoms with van der Waals surface area (Å²) in [4.78, 5) is 9.21. The van der Waals surface area contributed by atoms with Gasteiger partial charge in [-0.1, -0.05) is 36.4 Å².